The number of hydrogen-bond donors (Lipinski definition) is 0. The number of benzene rings is 1. The molecule has 0 amide bonds. The van der Waals surface area contributed by atoms with Gasteiger partial charge in [0.05, 0.1) is 33.0 Å². The lowest BCUT2D eigenvalue weighted by Crippen LogP contribution is -2.13. The first-order chi connectivity index (χ1) is 10.8. The zero-order chi connectivity index (χ0) is 15.9. The van der Waals surface area contributed by atoms with Crippen molar-refractivity contribution in [3.05, 3.63) is 42.0 Å². The third-order valence-electron chi connectivity index (χ3n) is 2.63. The van der Waals surface area contributed by atoms with Crippen molar-refractivity contribution in [2.75, 3.05) is 46.2 Å². The maximum absolute atomic E-state index is 11.4. The standard InChI is InChI=1S/C17H24O5/c1-2-19-10-11-20-12-13-21-14-15-22-17(18)9-8-16-6-4-3-5-7-16/h3-9H,2,10-15H2,1H3. The van der Waals surface area contributed by atoms with Gasteiger partial charge in [-0.2, -0.15) is 0 Å². The molecule has 0 saturated heterocycles. The monoisotopic (exact) mass is 308 g/mol. The van der Waals surface area contributed by atoms with Crippen LogP contribution in [0.2, 0.25) is 0 Å². The Morgan fingerprint density at radius 2 is 1.50 bits per heavy atom. The van der Waals surface area contributed by atoms with Crippen molar-refractivity contribution >= 4 is 12.0 Å². The summed E-state index contributed by atoms with van der Waals surface area (Å²) in [5.41, 5.74) is 0.958. The number of esters is 1. The minimum absolute atomic E-state index is 0.233. The van der Waals surface area contributed by atoms with Gasteiger partial charge in [-0.15, -0.1) is 0 Å². The van der Waals surface area contributed by atoms with E-state index in [1.54, 1.807) is 6.08 Å². The zero-order valence-corrected chi connectivity index (χ0v) is 13.0. The lowest BCUT2D eigenvalue weighted by atomic mass is 10.2. The highest BCUT2D eigenvalue weighted by Crippen LogP contribution is 2.00. The Morgan fingerprint density at radius 3 is 2.14 bits per heavy atom. The fraction of sp³-hybridized carbons (Fsp3) is 0.471. The van der Waals surface area contributed by atoms with Crippen LogP contribution >= 0.6 is 0 Å². The summed E-state index contributed by atoms with van der Waals surface area (Å²) in [5, 5.41) is 0. The van der Waals surface area contributed by atoms with Crippen molar-refractivity contribution in [2.45, 2.75) is 6.92 Å². The van der Waals surface area contributed by atoms with Crippen LogP contribution in [0.3, 0.4) is 0 Å². The van der Waals surface area contributed by atoms with Gasteiger partial charge in [0.15, 0.2) is 0 Å². The van der Waals surface area contributed by atoms with Crippen molar-refractivity contribution < 1.29 is 23.7 Å². The van der Waals surface area contributed by atoms with E-state index in [2.05, 4.69) is 0 Å². The molecule has 122 valence electrons. The molecule has 0 N–H and O–H groups in total. The van der Waals surface area contributed by atoms with E-state index in [9.17, 15) is 4.79 Å². The van der Waals surface area contributed by atoms with E-state index in [0.717, 1.165) is 5.56 Å². The van der Waals surface area contributed by atoms with E-state index in [1.807, 2.05) is 37.3 Å². The number of carbonyl (C=O) groups is 1. The van der Waals surface area contributed by atoms with Gasteiger partial charge in [0.1, 0.15) is 6.61 Å². The van der Waals surface area contributed by atoms with Gasteiger partial charge in [-0.05, 0) is 18.6 Å². The van der Waals surface area contributed by atoms with Crippen LogP contribution in [0.5, 0.6) is 0 Å². The summed E-state index contributed by atoms with van der Waals surface area (Å²) >= 11 is 0. The summed E-state index contributed by atoms with van der Waals surface area (Å²) in [6, 6.07) is 9.58. The minimum atomic E-state index is -0.375. The summed E-state index contributed by atoms with van der Waals surface area (Å²) in [7, 11) is 0. The third-order valence-corrected chi connectivity index (χ3v) is 2.63. The molecule has 0 fully saturated rings. The number of carbonyl (C=O) groups excluding carboxylic acids is 1. The average Bonchev–Trinajstić information content (AvgIpc) is 2.55. The first-order valence-corrected chi connectivity index (χ1v) is 7.46. The van der Waals surface area contributed by atoms with Crippen molar-refractivity contribution in [1.29, 1.82) is 0 Å². The van der Waals surface area contributed by atoms with Crippen LogP contribution in [0.4, 0.5) is 0 Å². The van der Waals surface area contributed by atoms with E-state index < -0.39 is 0 Å². The highest BCUT2D eigenvalue weighted by molar-refractivity contribution is 5.86. The highest BCUT2D eigenvalue weighted by Gasteiger charge is 1.97. The first-order valence-electron chi connectivity index (χ1n) is 7.46. The Morgan fingerprint density at radius 1 is 0.909 bits per heavy atom. The van der Waals surface area contributed by atoms with Gasteiger partial charge >= 0.3 is 5.97 Å². The van der Waals surface area contributed by atoms with Gasteiger partial charge in [-0.3, -0.25) is 0 Å². The molecule has 0 aliphatic carbocycles. The second kappa shape index (κ2) is 13.0. The average molecular weight is 308 g/mol. The molecule has 0 aliphatic rings. The van der Waals surface area contributed by atoms with Crippen LogP contribution in [-0.4, -0.2) is 52.2 Å². The molecule has 5 nitrogen and oxygen atoms in total. The van der Waals surface area contributed by atoms with Crippen LogP contribution in [0.1, 0.15) is 12.5 Å². The van der Waals surface area contributed by atoms with E-state index in [1.165, 1.54) is 6.08 Å². The van der Waals surface area contributed by atoms with E-state index in [4.69, 9.17) is 18.9 Å². The second-order valence-corrected chi connectivity index (χ2v) is 4.33. The summed E-state index contributed by atoms with van der Waals surface area (Å²) < 4.78 is 20.7. The maximum Gasteiger partial charge on any atom is 0.330 e. The molecule has 0 heterocycles. The molecule has 0 saturated carbocycles. The van der Waals surface area contributed by atoms with Gasteiger partial charge in [-0.1, -0.05) is 30.3 Å². The number of hydrogen-bond acceptors (Lipinski definition) is 5. The van der Waals surface area contributed by atoms with Crippen LogP contribution in [0.25, 0.3) is 6.08 Å². The lowest BCUT2D eigenvalue weighted by molar-refractivity contribution is -0.139. The zero-order valence-electron chi connectivity index (χ0n) is 13.0. The molecule has 0 aliphatic heterocycles. The van der Waals surface area contributed by atoms with Crippen molar-refractivity contribution in [2.24, 2.45) is 0 Å². The van der Waals surface area contributed by atoms with Gasteiger partial charge < -0.3 is 18.9 Å². The molecule has 1 rings (SSSR count). The van der Waals surface area contributed by atoms with Crippen molar-refractivity contribution in [1.82, 2.24) is 0 Å². The molecule has 1 aromatic rings. The molecular weight excluding hydrogens is 284 g/mol. The number of rotatable bonds is 12. The van der Waals surface area contributed by atoms with Crippen LogP contribution in [0.15, 0.2) is 36.4 Å². The maximum atomic E-state index is 11.4. The predicted octanol–water partition coefficient (Wildman–Crippen LogP) is 2.31. The molecule has 1 aromatic carbocycles. The highest BCUT2D eigenvalue weighted by atomic mass is 16.6. The van der Waals surface area contributed by atoms with E-state index in [-0.39, 0.29) is 12.6 Å². The third kappa shape index (κ3) is 10.1. The second-order valence-electron chi connectivity index (χ2n) is 4.33. The summed E-state index contributed by atoms with van der Waals surface area (Å²) in [5.74, 6) is -0.375. The fourth-order valence-electron chi connectivity index (χ4n) is 1.56. The molecule has 5 heteroatoms. The van der Waals surface area contributed by atoms with Gasteiger partial charge in [0.25, 0.3) is 0 Å². The molecule has 0 aromatic heterocycles. The molecule has 0 unspecified atom stereocenters. The van der Waals surface area contributed by atoms with Crippen molar-refractivity contribution in [3.8, 4) is 0 Å². The molecule has 0 spiro atoms. The summed E-state index contributed by atoms with van der Waals surface area (Å²) in [6.45, 7) is 5.39. The van der Waals surface area contributed by atoms with Crippen molar-refractivity contribution in [3.63, 3.8) is 0 Å². The first kappa shape index (κ1) is 18.4. The lowest BCUT2D eigenvalue weighted by Gasteiger charge is -2.06. The largest absolute Gasteiger partial charge is 0.460 e. The SMILES string of the molecule is CCOCCOCCOCCOC(=O)C=Cc1ccccc1. The quantitative estimate of drug-likeness (QED) is 0.337. The van der Waals surface area contributed by atoms with Crippen LogP contribution in [-0.2, 0) is 23.7 Å². The van der Waals surface area contributed by atoms with Gasteiger partial charge in [-0.25, -0.2) is 4.79 Å². The van der Waals surface area contributed by atoms with Crippen LogP contribution < -0.4 is 0 Å². The van der Waals surface area contributed by atoms with E-state index in [0.29, 0.717) is 39.6 Å². The Hall–Kier alpha value is -1.69. The smallest absolute Gasteiger partial charge is 0.330 e. The fourth-order valence-corrected chi connectivity index (χ4v) is 1.56. The molecule has 0 bridgehead atoms. The minimum Gasteiger partial charge on any atom is -0.460 e. The molecule has 22 heavy (non-hydrogen) atoms. The Labute approximate surface area is 131 Å². The molecule has 0 radical (unpaired) electrons. The normalized spacial score (nSPS) is 11.0. The molecule has 0 atom stereocenters. The Balaban J connectivity index is 1.94. The summed E-state index contributed by atoms with van der Waals surface area (Å²) in [6.07, 6.45) is 3.13. The summed E-state index contributed by atoms with van der Waals surface area (Å²) in [4.78, 5) is 11.4. The van der Waals surface area contributed by atoms with Gasteiger partial charge in [0, 0.05) is 12.7 Å². The van der Waals surface area contributed by atoms with E-state index >= 15 is 0 Å². The molecular formula is C17H24O5. The Kier molecular flexibility index (Phi) is 10.9. The van der Waals surface area contributed by atoms with Gasteiger partial charge in [0.2, 0.25) is 0 Å². The number of ether oxygens (including phenoxy) is 4. The topological polar surface area (TPSA) is 54.0 Å². The van der Waals surface area contributed by atoms with Crippen LogP contribution in [0, 0.1) is 0 Å². The predicted molar refractivity (Wildman–Crippen MR) is 84.6 cm³/mol. The Bertz CT molecular complexity index is 416.